The number of ether oxygens (including phenoxy) is 2. The van der Waals surface area contributed by atoms with E-state index in [0.29, 0.717) is 17.8 Å². The lowest BCUT2D eigenvalue weighted by Gasteiger charge is -2.07. The van der Waals surface area contributed by atoms with E-state index in [0.717, 1.165) is 5.56 Å². The van der Waals surface area contributed by atoms with Gasteiger partial charge >= 0.3 is 6.29 Å². The van der Waals surface area contributed by atoms with Crippen LogP contribution in [-0.4, -0.2) is 18.1 Å². The summed E-state index contributed by atoms with van der Waals surface area (Å²) in [6.07, 6.45) is -3.70. The number of halogens is 2. The molecule has 1 aliphatic rings. The molecule has 0 aromatic heterocycles. The Bertz CT molecular complexity index is 822. The summed E-state index contributed by atoms with van der Waals surface area (Å²) in [6, 6.07) is 10.6. The Hall–Kier alpha value is -3.16. The van der Waals surface area contributed by atoms with Gasteiger partial charge in [-0.15, -0.1) is 8.78 Å². The van der Waals surface area contributed by atoms with Crippen LogP contribution in [0.4, 0.5) is 14.5 Å². The largest absolute Gasteiger partial charge is 0.586 e. The summed E-state index contributed by atoms with van der Waals surface area (Å²) in [5.74, 6) is -0.786. The molecule has 2 aromatic rings. The summed E-state index contributed by atoms with van der Waals surface area (Å²) in [6.45, 7) is 1.79. The Kier molecular flexibility index (Phi) is 4.26. The molecule has 2 N–H and O–H groups in total. The summed E-state index contributed by atoms with van der Waals surface area (Å²) in [5.41, 5.74) is 1.53. The standard InChI is InChI=1S/C17H14F2N2O4/c1-10(22)20-9-11-2-4-12(5-3-11)16(23)21-13-6-7-14-15(8-13)25-17(18,19)24-14/h2-8H,9H2,1H3,(H,20,22)(H,21,23). The Morgan fingerprint density at radius 1 is 1.04 bits per heavy atom. The van der Waals surface area contributed by atoms with Crippen molar-refractivity contribution >= 4 is 17.5 Å². The highest BCUT2D eigenvalue weighted by Gasteiger charge is 2.43. The number of rotatable bonds is 4. The summed E-state index contributed by atoms with van der Waals surface area (Å²) in [4.78, 5) is 23.1. The van der Waals surface area contributed by atoms with Gasteiger partial charge in [0.05, 0.1) is 0 Å². The van der Waals surface area contributed by atoms with Gasteiger partial charge in [0.25, 0.3) is 5.91 Å². The Morgan fingerprint density at radius 2 is 1.72 bits per heavy atom. The van der Waals surface area contributed by atoms with Crippen molar-refractivity contribution in [3.8, 4) is 11.5 Å². The Morgan fingerprint density at radius 3 is 2.40 bits per heavy atom. The van der Waals surface area contributed by atoms with Crippen LogP contribution in [0, 0.1) is 0 Å². The van der Waals surface area contributed by atoms with Crippen LogP contribution in [0.3, 0.4) is 0 Å². The van der Waals surface area contributed by atoms with Crippen LogP contribution >= 0.6 is 0 Å². The molecule has 130 valence electrons. The van der Waals surface area contributed by atoms with E-state index in [1.807, 2.05) is 0 Å². The monoisotopic (exact) mass is 348 g/mol. The molecule has 0 bridgehead atoms. The van der Waals surface area contributed by atoms with Gasteiger partial charge < -0.3 is 20.1 Å². The summed E-state index contributed by atoms with van der Waals surface area (Å²) in [5, 5.41) is 5.25. The van der Waals surface area contributed by atoms with E-state index in [1.54, 1.807) is 24.3 Å². The number of alkyl halides is 2. The van der Waals surface area contributed by atoms with Gasteiger partial charge in [-0.25, -0.2) is 0 Å². The van der Waals surface area contributed by atoms with E-state index < -0.39 is 12.2 Å². The molecule has 8 heteroatoms. The van der Waals surface area contributed by atoms with Gasteiger partial charge in [0.2, 0.25) is 5.91 Å². The van der Waals surface area contributed by atoms with Crippen LogP contribution in [0.5, 0.6) is 11.5 Å². The highest BCUT2D eigenvalue weighted by molar-refractivity contribution is 6.04. The fourth-order valence-corrected chi connectivity index (χ4v) is 2.23. The van der Waals surface area contributed by atoms with E-state index in [4.69, 9.17) is 0 Å². The number of anilines is 1. The number of carbonyl (C=O) groups excluding carboxylic acids is 2. The quantitative estimate of drug-likeness (QED) is 0.891. The number of carbonyl (C=O) groups is 2. The van der Waals surface area contributed by atoms with E-state index in [1.165, 1.54) is 25.1 Å². The van der Waals surface area contributed by atoms with Crippen LogP contribution in [0.2, 0.25) is 0 Å². The zero-order chi connectivity index (χ0) is 18.0. The second-order valence-electron chi connectivity index (χ2n) is 5.39. The normalized spacial score (nSPS) is 14.0. The first-order valence-electron chi connectivity index (χ1n) is 7.37. The third-order valence-electron chi connectivity index (χ3n) is 3.42. The molecular formula is C17H14F2N2O4. The van der Waals surface area contributed by atoms with Crippen molar-refractivity contribution in [1.29, 1.82) is 0 Å². The first-order valence-corrected chi connectivity index (χ1v) is 7.37. The highest BCUT2D eigenvalue weighted by atomic mass is 19.3. The predicted molar refractivity (Wildman–Crippen MR) is 84.6 cm³/mol. The molecule has 0 saturated carbocycles. The average molecular weight is 348 g/mol. The van der Waals surface area contributed by atoms with Crippen molar-refractivity contribution in [3.63, 3.8) is 0 Å². The molecule has 1 heterocycles. The maximum atomic E-state index is 13.0. The fraction of sp³-hybridized carbons (Fsp3) is 0.176. The van der Waals surface area contributed by atoms with Crippen LogP contribution in [0.1, 0.15) is 22.8 Å². The maximum absolute atomic E-state index is 13.0. The molecule has 0 fully saturated rings. The Balaban J connectivity index is 1.66. The van der Waals surface area contributed by atoms with Crippen LogP contribution < -0.4 is 20.1 Å². The molecule has 0 atom stereocenters. The highest BCUT2D eigenvalue weighted by Crippen LogP contribution is 2.42. The Labute approximate surface area is 141 Å². The molecule has 2 amide bonds. The van der Waals surface area contributed by atoms with Crippen LogP contribution in [0.25, 0.3) is 0 Å². The predicted octanol–water partition coefficient (Wildman–Crippen LogP) is 2.90. The number of hydrogen-bond acceptors (Lipinski definition) is 4. The second-order valence-corrected chi connectivity index (χ2v) is 5.39. The summed E-state index contributed by atoms with van der Waals surface area (Å²) < 4.78 is 34.6. The molecule has 0 spiro atoms. The van der Waals surface area contributed by atoms with Crippen molar-refractivity contribution in [2.24, 2.45) is 0 Å². The number of amides is 2. The van der Waals surface area contributed by atoms with Gasteiger partial charge in [-0.05, 0) is 29.8 Å². The van der Waals surface area contributed by atoms with Crippen molar-refractivity contribution in [2.45, 2.75) is 19.8 Å². The lowest BCUT2D eigenvalue weighted by atomic mass is 10.1. The third-order valence-corrected chi connectivity index (χ3v) is 3.42. The van der Waals surface area contributed by atoms with E-state index in [9.17, 15) is 18.4 Å². The van der Waals surface area contributed by atoms with Gasteiger partial charge in [0.15, 0.2) is 11.5 Å². The van der Waals surface area contributed by atoms with Crippen molar-refractivity contribution in [3.05, 3.63) is 53.6 Å². The topological polar surface area (TPSA) is 76.7 Å². The van der Waals surface area contributed by atoms with Gasteiger partial charge in [-0.1, -0.05) is 12.1 Å². The number of fused-ring (bicyclic) bond motifs is 1. The molecule has 3 rings (SSSR count). The van der Waals surface area contributed by atoms with Crippen LogP contribution in [0.15, 0.2) is 42.5 Å². The van der Waals surface area contributed by atoms with Gasteiger partial charge in [0.1, 0.15) is 0 Å². The van der Waals surface area contributed by atoms with Gasteiger partial charge in [0, 0.05) is 30.8 Å². The molecule has 6 nitrogen and oxygen atoms in total. The smallest absolute Gasteiger partial charge is 0.395 e. The number of hydrogen-bond donors (Lipinski definition) is 2. The molecular weight excluding hydrogens is 334 g/mol. The number of benzene rings is 2. The minimum Gasteiger partial charge on any atom is -0.395 e. The molecule has 2 aromatic carbocycles. The first kappa shape index (κ1) is 16.7. The lowest BCUT2D eigenvalue weighted by molar-refractivity contribution is -0.286. The lowest BCUT2D eigenvalue weighted by Crippen LogP contribution is -2.25. The molecule has 0 radical (unpaired) electrons. The fourth-order valence-electron chi connectivity index (χ4n) is 2.23. The minimum absolute atomic E-state index is 0.0923. The zero-order valence-corrected chi connectivity index (χ0v) is 13.1. The van der Waals surface area contributed by atoms with E-state index >= 15 is 0 Å². The third kappa shape index (κ3) is 4.03. The first-order chi connectivity index (χ1) is 11.8. The molecule has 0 saturated heterocycles. The van der Waals surface area contributed by atoms with Gasteiger partial charge in [-0.3, -0.25) is 9.59 Å². The molecule has 25 heavy (non-hydrogen) atoms. The summed E-state index contributed by atoms with van der Waals surface area (Å²) in [7, 11) is 0. The van der Waals surface area contributed by atoms with Crippen molar-refractivity contribution in [1.82, 2.24) is 5.32 Å². The molecule has 0 aliphatic carbocycles. The zero-order valence-electron chi connectivity index (χ0n) is 13.1. The SMILES string of the molecule is CC(=O)NCc1ccc(C(=O)Nc2ccc3c(c2)OC(F)(F)O3)cc1. The maximum Gasteiger partial charge on any atom is 0.586 e. The second kappa shape index (κ2) is 6.39. The average Bonchev–Trinajstić information content (AvgIpc) is 2.86. The molecule has 1 aliphatic heterocycles. The van der Waals surface area contributed by atoms with Gasteiger partial charge in [-0.2, -0.15) is 0 Å². The summed E-state index contributed by atoms with van der Waals surface area (Å²) >= 11 is 0. The van der Waals surface area contributed by atoms with E-state index in [2.05, 4.69) is 20.1 Å². The van der Waals surface area contributed by atoms with E-state index in [-0.39, 0.29) is 17.4 Å². The molecule has 0 unspecified atom stereocenters. The van der Waals surface area contributed by atoms with Crippen LogP contribution in [-0.2, 0) is 11.3 Å². The van der Waals surface area contributed by atoms with Crippen molar-refractivity contribution < 1.29 is 27.8 Å². The number of nitrogens with one attached hydrogen (secondary N) is 2. The van der Waals surface area contributed by atoms with Crippen molar-refractivity contribution in [2.75, 3.05) is 5.32 Å². The minimum atomic E-state index is -3.70.